The molecule has 0 aromatic rings. The van der Waals surface area contributed by atoms with Gasteiger partial charge >= 0.3 is 18.1 Å². The summed E-state index contributed by atoms with van der Waals surface area (Å²) in [4.78, 5) is 0. The Hall–Kier alpha value is -0.540. The van der Waals surface area contributed by atoms with Gasteiger partial charge in [-0.25, -0.2) is 0 Å². The van der Waals surface area contributed by atoms with Crippen LogP contribution in [0.1, 0.15) is 70.6 Å². The van der Waals surface area contributed by atoms with Crippen LogP contribution in [0.25, 0.3) is 0 Å². The molecule has 0 spiro atoms. The number of hydrogen-bond acceptors (Lipinski definition) is 3. The average molecular weight is 408 g/mol. The second-order valence-electron chi connectivity index (χ2n) is 7.00. The minimum absolute atomic E-state index is 0.220. The monoisotopic (exact) mass is 408 g/mol. The first-order chi connectivity index (χ1) is 12.6. The molecule has 0 heterocycles. The Labute approximate surface area is 156 Å². The van der Waals surface area contributed by atoms with Gasteiger partial charge in [0.15, 0.2) is 0 Å². The van der Waals surface area contributed by atoms with Crippen LogP contribution in [0, 0.1) is 0 Å². The minimum atomic E-state index is -5.30. The maximum Gasteiger partial charge on any atom is 0.423 e. The van der Waals surface area contributed by atoms with Crippen molar-refractivity contribution < 1.29 is 40.6 Å². The molecule has 0 N–H and O–H groups in total. The molecule has 162 valence electrons. The van der Waals surface area contributed by atoms with Crippen molar-refractivity contribution in [2.75, 3.05) is 20.3 Å². The maximum atomic E-state index is 13.6. The summed E-state index contributed by atoms with van der Waals surface area (Å²) in [5.41, 5.74) is 0. The van der Waals surface area contributed by atoms with Gasteiger partial charge in [0.1, 0.15) is 0 Å². The van der Waals surface area contributed by atoms with Gasteiger partial charge in [-0.2, -0.15) is 26.3 Å². The molecule has 1 saturated carbocycles. The first-order valence-corrected chi connectivity index (χ1v) is 9.54. The van der Waals surface area contributed by atoms with E-state index in [1.54, 1.807) is 0 Å². The standard InChI is InChI=1S/C18H30F6O3/c1-25-13-11-16(19,20)18(23,24)27-17(21,22)12-14-26-15-9-7-5-3-2-4-6-8-10-15/h15H,2-14H2,1H3. The number of rotatable bonds is 10. The van der Waals surface area contributed by atoms with Gasteiger partial charge in [-0.1, -0.05) is 44.9 Å². The van der Waals surface area contributed by atoms with E-state index in [1.165, 1.54) is 6.42 Å². The molecule has 0 aromatic heterocycles. The number of hydrogen-bond donors (Lipinski definition) is 0. The summed E-state index contributed by atoms with van der Waals surface area (Å²) in [5, 5.41) is 0. The van der Waals surface area contributed by atoms with Gasteiger partial charge in [0.25, 0.3) is 0 Å². The lowest BCUT2D eigenvalue weighted by Crippen LogP contribution is -2.48. The van der Waals surface area contributed by atoms with Crippen LogP contribution in [0.2, 0.25) is 0 Å². The predicted molar refractivity (Wildman–Crippen MR) is 88.3 cm³/mol. The normalized spacial score (nSPS) is 19.2. The summed E-state index contributed by atoms with van der Waals surface area (Å²) >= 11 is 0. The van der Waals surface area contributed by atoms with Crippen LogP contribution in [-0.4, -0.2) is 44.6 Å². The van der Waals surface area contributed by atoms with Crippen molar-refractivity contribution >= 4 is 0 Å². The van der Waals surface area contributed by atoms with Crippen molar-refractivity contribution in [1.82, 2.24) is 0 Å². The zero-order valence-corrected chi connectivity index (χ0v) is 15.8. The third-order valence-electron chi connectivity index (χ3n) is 4.62. The summed E-state index contributed by atoms with van der Waals surface area (Å²) in [7, 11) is 1.04. The average Bonchev–Trinajstić information content (AvgIpc) is 2.57. The molecule has 1 aliphatic carbocycles. The van der Waals surface area contributed by atoms with E-state index in [-0.39, 0.29) is 6.10 Å². The molecule has 9 heteroatoms. The second-order valence-corrected chi connectivity index (χ2v) is 7.00. The highest BCUT2D eigenvalue weighted by molar-refractivity contribution is 4.78. The number of ether oxygens (including phenoxy) is 3. The van der Waals surface area contributed by atoms with Gasteiger partial charge in [0, 0.05) is 13.5 Å². The summed E-state index contributed by atoms with van der Waals surface area (Å²) in [6, 6.07) is 0. The number of methoxy groups -OCH3 is 1. The predicted octanol–water partition coefficient (Wildman–Crippen LogP) is 6.16. The van der Waals surface area contributed by atoms with Crippen LogP contribution < -0.4 is 0 Å². The smallest absolute Gasteiger partial charge is 0.384 e. The van der Waals surface area contributed by atoms with Gasteiger partial charge in [-0.05, 0) is 12.8 Å². The fourth-order valence-electron chi connectivity index (χ4n) is 2.97. The highest BCUT2D eigenvalue weighted by atomic mass is 19.3. The topological polar surface area (TPSA) is 27.7 Å². The number of alkyl halides is 6. The zero-order valence-electron chi connectivity index (χ0n) is 15.8. The molecule has 0 saturated heterocycles. The third-order valence-corrected chi connectivity index (χ3v) is 4.62. The molecular formula is C18H30F6O3. The molecule has 0 bridgehead atoms. The van der Waals surface area contributed by atoms with Crippen molar-refractivity contribution in [2.45, 2.75) is 94.9 Å². The Kier molecular flexibility index (Phi) is 10.4. The van der Waals surface area contributed by atoms with Crippen LogP contribution in [0.5, 0.6) is 0 Å². The van der Waals surface area contributed by atoms with Crippen LogP contribution >= 0.6 is 0 Å². The molecule has 3 nitrogen and oxygen atoms in total. The lowest BCUT2D eigenvalue weighted by molar-refractivity contribution is -0.433. The van der Waals surface area contributed by atoms with E-state index in [0.717, 1.165) is 58.5 Å². The molecular weight excluding hydrogens is 378 g/mol. The highest BCUT2D eigenvalue weighted by Crippen LogP contribution is 2.42. The maximum absolute atomic E-state index is 13.6. The molecule has 0 amide bonds. The fraction of sp³-hybridized carbons (Fsp3) is 1.00. The fourth-order valence-corrected chi connectivity index (χ4v) is 2.97. The van der Waals surface area contributed by atoms with Gasteiger partial charge in [-0.15, -0.1) is 0 Å². The lowest BCUT2D eigenvalue weighted by Gasteiger charge is -2.29. The first-order valence-electron chi connectivity index (χ1n) is 9.54. The van der Waals surface area contributed by atoms with Crippen molar-refractivity contribution in [1.29, 1.82) is 0 Å². The molecule has 0 radical (unpaired) electrons. The SMILES string of the molecule is COCCC(F)(F)C(F)(F)OC(F)(F)CCOC1CCCCCCCCC1. The van der Waals surface area contributed by atoms with E-state index in [0.29, 0.717) is 0 Å². The minimum Gasteiger partial charge on any atom is -0.384 e. The van der Waals surface area contributed by atoms with Crippen LogP contribution in [0.3, 0.4) is 0 Å². The van der Waals surface area contributed by atoms with Crippen LogP contribution in [0.15, 0.2) is 0 Å². The van der Waals surface area contributed by atoms with Crippen molar-refractivity contribution in [3.63, 3.8) is 0 Å². The third kappa shape index (κ3) is 9.47. The molecule has 27 heavy (non-hydrogen) atoms. The van der Waals surface area contributed by atoms with Crippen molar-refractivity contribution in [3.05, 3.63) is 0 Å². The van der Waals surface area contributed by atoms with Gasteiger partial charge in [0.2, 0.25) is 0 Å². The summed E-state index contributed by atoms with van der Waals surface area (Å²) < 4.78 is 93.8. The highest BCUT2D eigenvalue weighted by Gasteiger charge is 2.61. The molecule has 1 fully saturated rings. The Morgan fingerprint density at radius 2 is 1.26 bits per heavy atom. The van der Waals surface area contributed by atoms with Gasteiger partial charge in [0.05, 0.1) is 25.7 Å². The van der Waals surface area contributed by atoms with Crippen molar-refractivity contribution in [3.8, 4) is 0 Å². The van der Waals surface area contributed by atoms with E-state index in [2.05, 4.69) is 9.47 Å². The Bertz CT molecular complexity index is 397. The van der Waals surface area contributed by atoms with Gasteiger partial charge < -0.3 is 9.47 Å². The second kappa shape index (κ2) is 11.5. The Balaban J connectivity index is 2.46. The van der Waals surface area contributed by atoms with Crippen molar-refractivity contribution in [2.24, 2.45) is 0 Å². The summed E-state index contributed by atoms with van der Waals surface area (Å²) in [6.07, 6.45) is -3.76. The van der Waals surface area contributed by atoms with E-state index in [1.807, 2.05) is 0 Å². The molecule has 0 aliphatic heterocycles. The molecule has 0 aromatic carbocycles. The molecule has 1 rings (SSSR count). The zero-order chi connectivity index (χ0) is 20.4. The molecule has 0 unspecified atom stereocenters. The van der Waals surface area contributed by atoms with E-state index in [9.17, 15) is 26.3 Å². The lowest BCUT2D eigenvalue weighted by atomic mass is 9.99. The Morgan fingerprint density at radius 3 is 1.78 bits per heavy atom. The van der Waals surface area contributed by atoms with Crippen LogP contribution in [0.4, 0.5) is 26.3 Å². The summed E-state index contributed by atoms with van der Waals surface area (Å²) in [5.74, 6) is -4.76. The Morgan fingerprint density at radius 1 is 0.741 bits per heavy atom. The number of halogens is 6. The first kappa shape index (κ1) is 24.5. The van der Waals surface area contributed by atoms with E-state index >= 15 is 0 Å². The van der Waals surface area contributed by atoms with E-state index < -0.39 is 44.2 Å². The van der Waals surface area contributed by atoms with E-state index in [4.69, 9.17) is 4.74 Å². The molecule has 1 aliphatic rings. The largest absolute Gasteiger partial charge is 0.423 e. The van der Waals surface area contributed by atoms with Crippen LogP contribution in [-0.2, 0) is 14.2 Å². The van der Waals surface area contributed by atoms with Gasteiger partial charge in [-0.3, -0.25) is 4.74 Å². The quantitative estimate of drug-likeness (QED) is 0.405. The summed E-state index contributed by atoms with van der Waals surface area (Å²) in [6.45, 7) is -1.24. The molecule has 0 atom stereocenters.